The zero-order valence-corrected chi connectivity index (χ0v) is 12.5. The zero-order valence-electron chi connectivity index (χ0n) is 10.8. The van der Waals surface area contributed by atoms with E-state index in [4.69, 9.17) is 5.84 Å². The van der Waals surface area contributed by atoms with E-state index in [9.17, 15) is 4.79 Å². The fraction of sp³-hybridized carbons (Fsp3) is 0.0769. The Morgan fingerprint density at radius 2 is 1.60 bits per heavy atom. The van der Waals surface area contributed by atoms with Crippen LogP contribution in [0.25, 0.3) is 0 Å². The summed E-state index contributed by atoms with van der Waals surface area (Å²) < 4.78 is -0.134. The first-order chi connectivity index (χ1) is 9.69. The molecule has 0 radical (unpaired) electrons. The number of carbonyl (C=O) groups is 1. The molecule has 2 heterocycles. The Hall–Kier alpha value is -1.86. The predicted octanol–water partition coefficient (Wildman–Crippen LogP) is 2.59. The molecular formula is C13H14N4OS2. The van der Waals surface area contributed by atoms with Gasteiger partial charge in [0, 0.05) is 12.4 Å². The van der Waals surface area contributed by atoms with Crippen LogP contribution in [0.5, 0.6) is 0 Å². The molecular weight excluding hydrogens is 292 g/mol. The molecule has 5 nitrogen and oxygen atoms in total. The fourth-order valence-corrected chi connectivity index (χ4v) is 1.27. The highest BCUT2D eigenvalue weighted by atomic mass is 32.2. The van der Waals surface area contributed by atoms with Gasteiger partial charge in [-0.2, -0.15) is 5.10 Å². The van der Waals surface area contributed by atoms with Gasteiger partial charge in [0.15, 0.2) is 0 Å². The van der Waals surface area contributed by atoms with Crippen LogP contribution in [0, 0.1) is 0 Å². The summed E-state index contributed by atoms with van der Waals surface area (Å²) in [4.78, 5) is 18.0. The van der Waals surface area contributed by atoms with E-state index in [1.807, 2.05) is 36.4 Å². The topological polar surface area (TPSA) is 81.2 Å². The molecule has 0 amide bonds. The molecule has 0 spiro atoms. The molecule has 0 unspecified atom stereocenters. The molecule has 0 aliphatic carbocycles. The summed E-state index contributed by atoms with van der Waals surface area (Å²) in [5.41, 5.74) is 2.04. The van der Waals surface area contributed by atoms with Crippen molar-refractivity contribution in [3.05, 3.63) is 60.2 Å². The maximum Gasteiger partial charge on any atom is 0.242 e. The molecule has 0 saturated heterocycles. The Bertz CT molecular complexity index is 520. The number of thiol groups is 1. The summed E-state index contributed by atoms with van der Waals surface area (Å²) in [6, 6.07) is 11.2. The van der Waals surface area contributed by atoms with Gasteiger partial charge in [0.2, 0.25) is 4.45 Å². The molecule has 0 aromatic carbocycles. The van der Waals surface area contributed by atoms with Gasteiger partial charge in [-0.05, 0) is 30.5 Å². The van der Waals surface area contributed by atoms with Crippen LogP contribution in [-0.2, 0) is 0 Å². The molecule has 0 aliphatic heterocycles. The normalized spacial score (nSPS) is 9.10. The molecule has 0 aliphatic rings. The largest absolute Gasteiger partial charge is 0.323 e. The van der Waals surface area contributed by atoms with E-state index in [1.54, 1.807) is 18.6 Å². The van der Waals surface area contributed by atoms with Crippen molar-refractivity contribution in [2.24, 2.45) is 10.9 Å². The number of carbonyl (C=O) groups excluding carboxylic acids is 1. The Morgan fingerprint density at radius 3 is 1.85 bits per heavy atom. The highest BCUT2D eigenvalue weighted by Crippen LogP contribution is 2.04. The number of aromatic nitrogens is 2. The van der Waals surface area contributed by atoms with Gasteiger partial charge in [0.1, 0.15) is 5.71 Å². The first-order valence-electron chi connectivity index (χ1n) is 5.56. The zero-order chi connectivity index (χ0) is 14.8. The number of nitrogens with zero attached hydrogens (tertiary/aromatic N) is 3. The van der Waals surface area contributed by atoms with Crippen LogP contribution in [-0.4, -0.2) is 26.4 Å². The second kappa shape index (κ2) is 9.11. The number of nitrogens with two attached hydrogens (primary N) is 1. The number of pyridine rings is 2. The molecule has 0 atom stereocenters. The Balaban J connectivity index is 0.000000347. The van der Waals surface area contributed by atoms with Crippen molar-refractivity contribution in [3.8, 4) is 0 Å². The predicted molar refractivity (Wildman–Crippen MR) is 86.2 cm³/mol. The summed E-state index contributed by atoms with van der Waals surface area (Å²) in [6.07, 6.45) is 5.09. The van der Waals surface area contributed by atoms with Crippen molar-refractivity contribution < 1.29 is 4.79 Å². The number of hydrazone groups is 1. The second-order valence-electron chi connectivity index (χ2n) is 3.38. The molecule has 0 saturated carbocycles. The Labute approximate surface area is 127 Å². The lowest BCUT2D eigenvalue weighted by Crippen LogP contribution is -2.09. The quantitative estimate of drug-likeness (QED) is 0.386. The highest BCUT2D eigenvalue weighted by Gasteiger charge is 2.07. The van der Waals surface area contributed by atoms with Gasteiger partial charge in [-0.25, -0.2) is 0 Å². The lowest BCUT2D eigenvalue weighted by molar-refractivity contribution is 0.277. The summed E-state index contributed by atoms with van der Waals surface area (Å²) >= 11 is 4.53. The second-order valence-corrected chi connectivity index (χ2v) is 4.87. The molecule has 7 heteroatoms. The Morgan fingerprint density at radius 1 is 1.15 bits per heavy atom. The SMILES string of the molecule is CSC(=O)S.NN=C(c1ccccn1)c1ccccn1. The minimum atomic E-state index is -0.134. The highest BCUT2D eigenvalue weighted by molar-refractivity contribution is 8.31. The van der Waals surface area contributed by atoms with Crippen molar-refractivity contribution in [1.29, 1.82) is 0 Å². The van der Waals surface area contributed by atoms with E-state index in [1.165, 1.54) is 0 Å². The third-order valence-corrected chi connectivity index (χ3v) is 3.02. The van der Waals surface area contributed by atoms with Crippen LogP contribution in [0.1, 0.15) is 11.4 Å². The van der Waals surface area contributed by atoms with Gasteiger partial charge >= 0.3 is 0 Å². The average molecular weight is 306 g/mol. The van der Waals surface area contributed by atoms with Gasteiger partial charge in [-0.1, -0.05) is 36.5 Å². The van der Waals surface area contributed by atoms with Gasteiger partial charge in [-0.3, -0.25) is 14.8 Å². The maximum atomic E-state index is 9.64. The number of hydrogen-bond acceptors (Lipinski definition) is 6. The minimum Gasteiger partial charge on any atom is -0.323 e. The third-order valence-electron chi connectivity index (χ3n) is 2.12. The van der Waals surface area contributed by atoms with E-state index in [-0.39, 0.29) is 4.45 Å². The smallest absolute Gasteiger partial charge is 0.242 e. The van der Waals surface area contributed by atoms with Crippen LogP contribution >= 0.6 is 24.4 Å². The lowest BCUT2D eigenvalue weighted by Gasteiger charge is -2.02. The van der Waals surface area contributed by atoms with E-state index < -0.39 is 0 Å². The average Bonchev–Trinajstić information content (AvgIpc) is 2.51. The van der Waals surface area contributed by atoms with Crippen LogP contribution in [0.3, 0.4) is 0 Å². The van der Waals surface area contributed by atoms with Gasteiger partial charge in [0.05, 0.1) is 11.4 Å². The van der Waals surface area contributed by atoms with Crippen molar-refractivity contribution in [2.45, 2.75) is 0 Å². The monoisotopic (exact) mass is 306 g/mol. The van der Waals surface area contributed by atoms with Gasteiger partial charge in [-0.15, -0.1) is 0 Å². The van der Waals surface area contributed by atoms with Gasteiger partial charge in [0.25, 0.3) is 0 Å². The van der Waals surface area contributed by atoms with Crippen molar-refractivity contribution in [2.75, 3.05) is 6.26 Å². The molecule has 2 rings (SSSR count). The molecule has 2 aromatic rings. The first-order valence-corrected chi connectivity index (χ1v) is 7.23. The summed E-state index contributed by atoms with van der Waals surface area (Å²) in [5, 5.41) is 3.72. The van der Waals surface area contributed by atoms with Crippen molar-refractivity contribution in [3.63, 3.8) is 0 Å². The molecule has 2 N–H and O–H groups in total. The lowest BCUT2D eigenvalue weighted by atomic mass is 10.1. The van der Waals surface area contributed by atoms with E-state index in [2.05, 4.69) is 27.7 Å². The maximum absolute atomic E-state index is 9.64. The molecule has 0 bridgehead atoms. The summed E-state index contributed by atoms with van der Waals surface area (Å²) in [6.45, 7) is 0. The number of rotatable bonds is 2. The standard InChI is InChI=1S/C11H10N4.C2H4OS2/c12-15-11(9-5-1-3-7-13-9)10-6-2-4-8-14-10;1-5-2(3)4/h1-8H,12H2;1H3,(H,3,4). The van der Waals surface area contributed by atoms with E-state index >= 15 is 0 Å². The molecule has 20 heavy (non-hydrogen) atoms. The van der Waals surface area contributed by atoms with Crippen LogP contribution in [0.2, 0.25) is 0 Å². The van der Waals surface area contributed by atoms with Crippen LogP contribution < -0.4 is 5.84 Å². The Kier molecular flexibility index (Phi) is 7.38. The molecule has 0 fully saturated rings. The fourth-order valence-electron chi connectivity index (χ4n) is 1.27. The van der Waals surface area contributed by atoms with E-state index in [0.29, 0.717) is 5.71 Å². The van der Waals surface area contributed by atoms with Crippen molar-refractivity contribution in [1.82, 2.24) is 9.97 Å². The molecule has 104 valence electrons. The molecule has 2 aromatic heterocycles. The number of thioether (sulfide) groups is 1. The van der Waals surface area contributed by atoms with Crippen LogP contribution in [0.4, 0.5) is 4.79 Å². The van der Waals surface area contributed by atoms with Crippen LogP contribution in [0.15, 0.2) is 53.9 Å². The summed E-state index contributed by atoms with van der Waals surface area (Å²) in [7, 11) is 0. The van der Waals surface area contributed by atoms with Gasteiger partial charge < -0.3 is 5.84 Å². The summed E-state index contributed by atoms with van der Waals surface area (Å²) in [5.74, 6) is 5.34. The first kappa shape index (κ1) is 16.2. The third kappa shape index (κ3) is 5.41. The van der Waals surface area contributed by atoms with E-state index in [0.717, 1.165) is 23.1 Å². The minimum absolute atomic E-state index is 0.134. The number of hydrogen-bond donors (Lipinski definition) is 2. The van der Waals surface area contributed by atoms with Crippen molar-refractivity contribution >= 4 is 34.5 Å².